The van der Waals surface area contributed by atoms with Gasteiger partial charge in [0.05, 0.1) is 12.8 Å². The van der Waals surface area contributed by atoms with Crippen LogP contribution in [0.3, 0.4) is 0 Å². The molecule has 5 heteroatoms. The molecule has 2 heterocycles. The molecule has 4 rings (SSSR count). The summed E-state index contributed by atoms with van der Waals surface area (Å²) in [6, 6.07) is 19.5. The number of nitrogens with zero attached hydrogens (tertiary/aromatic N) is 2. The topological polar surface area (TPSA) is 51.7 Å². The third-order valence-electron chi connectivity index (χ3n) is 5.15. The standard InChI is InChI=1S/C25H24N2O3/c1-29-24-11-8-20-13-15-27(17-21(20)16-24)25(28)12-7-19-5-9-23(10-6-19)30-18-22-4-2-3-14-26-22/h2-12,14,16H,13,15,17-18H2,1H3/b12-7+. The Bertz CT molecular complexity index is 1030. The Morgan fingerprint density at radius 3 is 2.67 bits per heavy atom. The van der Waals surface area contributed by atoms with E-state index in [0.29, 0.717) is 13.2 Å². The minimum atomic E-state index is 0.0129. The molecule has 0 saturated carbocycles. The highest BCUT2D eigenvalue weighted by atomic mass is 16.5. The van der Waals surface area contributed by atoms with Crippen molar-refractivity contribution in [3.63, 3.8) is 0 Å². The van der Waals surface area contributed by atoms with Crippen LogP contribution in [0.5, 0.6) is 11.5 Å². The Morgan fingerprint density at radius 1 is 1.07 bits per heavy atom. The number of carbonyl (C=O) groups is 1. The van der Waals surface area contributed by atoms with Gasteiger partial charge in [-0.15, -0.1) is 0 Å². The van der Waals surface area contributed by atoms with Crippen molar-refractivity contribution in [3.05, 3.63) is 95.3 Å². The largest absolute Gasteiger partial charge is 0.497 e. The summed E-state index contributed by atoms with van der Waals surface area (Å²) in [6.07, 6.45) is 6.09. The molecule has 2 aromatic carbocycles. The first-order valence-electron chi connectivity index (χ1n) is 9.97. The van der Waals surface area contributed by atoms with Gasteiger partial charge in [-0.2, -0.15) is 0 Å². The van der Waals surface area contributed by atoms with E-state index < -0.39 is 0 Å². The second-order valence-corrected chi connectivity index (χ2v) is 7.16. The lowest BCUT2D eigenvalue weighted by molar-refractivity contribution is -0.126. The SMILES string of the molecule is COc1ccc2c(c1)CN(C(=O)/C=C/c1ccc(OCc3ccccn3)cc1)CC2. The molecule has 0 atom stereocenters. The quantitative estimate of drug-likeness (QED) is 0.580. The van der Waals surface area contributed by atoms with E-state index in [-0.39, 0.29) is 5.91 Å². The van der Waals surface area contributed by atoms with Crippen molar-refractivity contribution in [2.75, 3.05) is 13.7 Å². The Kier molecular flexibility index (Phi) is 6.09. The van der Waals surface area contributed by atoms with Gasteiger partial charge in [0.25, 0.3) is 0 Å². The molecule has 0 N–H and O–H groups in total. The van der Waals surface area contributed by atoms with E-state index in [2.05, 4.69) is 11.1 Å². The number of methoxy groups -OCH3 is 1. The zero-order valence-corrected chi connectivity index (χ0v) is 17.0. The summed E-state index contributed by atoms with van der Waals surface area (Å²) in [5.41, 5.74) is 4.27. The van der Waals surface area contributed by atoms with Crippen molar-refractivity contribution >= 4 is 12.0 Å². The second kappa shape index (κ2) is 9.27. The first-order valence-corrected chi connectivity index (χ1v) is 9.97. The number of rotatable bonds is 6. The van der Waals surface area contributed by atoms with Gasteiger partial charge in [-0.05, 0) is 65.6 Å². The molecule has 0 bridgehead atoms. The fraction of sp³-hybridized carbons (Fsp3) is 0.200. The molecule has 0 unspecified atom stereocenters. The van der Waals surface area contributed by atoms with E-state index in [1.54, 1.807) is 19.4 Å². The Balaban J connectivity index is 1.33. The van der Waals surface area contributed by atoms with Crippen molar-refractivity contribution in [1.82, 2.24) is 9.88 Å². The summed E-state index contributed by atoms with van der Waals surface area (Å²) in [4.78, 5) is 18.7. The molecule has 1 aliphatic heterocycles. The third-order valence-corrected chi connectivity index (χ3v) is 5.15. The van der Waals surface area contributed by atoms with Gasteiger partial charge in [-0.25, -0.2) is 0 Å². The average Bonchev–Trinajstić information content (AvgIpc) is 2.81. The molecule has 1 aromatic heterocycles. The second-order valence-electron chi connectivity index (χ2n) is 7.16. The minimum absolute atomic E-state index is 0.0129. The van der Waals surface area contributed by atoms with Crippen LogP contribution in [0, 0.1) is 0 Å². The smallest absolute Gasteiger partial charge is 0.246 e. The summed E-state index contributed by atoms with van der Waals surface area (Å²) < 4.78 is 11.1. The number of benzene rings is 2. The van der Waals surface area contributed by atoms with E-state index in [9.17, 15) is 4.79 Å². The number of carbonyl (C=O) groups excluding carboxylic acids is 1. The van der Waals surface area contributed by atoms with Gasteiger partial charge in [-0.1, -0.05) is 24.3 Å². The predicted octanol–water partition coefficient (Wildman–Crippen LogP) is 4.27. The number of amides is 1. The first-order chi connectivity index (χ1) is 14.7. The van der Waals surface area contributed by atoms with E-state index in [1.165, 1.54) is 5.56 Å². The van der Waals surface area contributed by atoms with Crippen molar-refractivity contribution in [3.8, 4) is 11.5 Å². The van der Waals surface area contributed by atoms with E-state index in [0.717, 1.165) is 41.3 Å². The van der Waals surface area contributed by atoms with Gasteiger partial charge in [-0.3, -0.25) is 9.78 Å². The number of ether oxygens (including phenoxy) is 2. The lowest BCUT2D eigenvalue weighted by Gasteiger charge is -2.28. The summed E-state index contributed by atoms with van der Waals surface area (Å²) in [7, 11) is 1.66. The third kappa shape index (κ3) is 4.87. The van der Waals surface area contributed by atoms with Gasteiger partial charge in [0.1, 0.15) is 18.1 Å². The molecule has 30 heavy (non-hydrogen) atoms. The fourth-order valence-corrected chi connectivity index (χ4v) is 3.44. The van der Waals surface area contributed by atoms with Gasteiger partial charge in [0, 0.05) is 25.4 Å². The van der Waals surface area contributed by atoms with E-state index >= 15 is 0 Å². The summed E-state index contributed by atoms with van der Waals surface area (Å²) in [6.45, 7) is 1.76. The molecule has 5 nitrogen and oxygen atoms in total. The van der Waals surface area contributed by atoms with Crippen LogP contribution < -0.4 is 9.47 Å². The fourth-order valence-electron chi connectivity index (χ4n) is 3.44. The summed E-state index contributed by atoms with van der Waals surface area (Å²) in [5.74, 6) is 1.61. The van der Waals surface area contributed by atoms with Crippen LogP contribution in [-0.4, -0.2) is 29.4 Å². The van der Waals surface area contributed by atoms with Crippen molar-refractivity contribution in [2.24, 2.45) is 0 Å². The van der Waals surface area contributed by atoms with Crippen LogP contribution in [-0.2, 0) is 24.4 Å². The summed E-state index contributed by atoms with van der Waals surface area (Å²) in [5, 5.41) is 0. The highest BCUT2D eigenvalue weighted by molar-refractivity contribution is 5.92. The van der Waals surface area contributed by atoms with Crippen LogP contribution in [0.1, 0.15) is 22.4 Å². The van der Waals surface area contributed by atoms with Crippen LogP contribution in [0.4, 0.5) is 0 Å². The normalized spacial score (nSPS) is 13.2. The van der Waals surface area contributed by atoms with Gasteiger partial charge in [0.15, 0.2) is 0 Å². The van der Waals surface area contributed by atoms with E-state index in [4.69, 9.17) is 9.47 Å². The zero-order valence-electron chi connectivity index (χ0n) is 17.0. The van der Waals surface area contributed by atoms with Gasteiger partial charge >= 0.3 is 0 Å². The zero-order chi connectivity index (χ0) is 20.8. The Morgan fingerprint density at radius 2 is 1.90 bits per heavy atom. The minimum Gasteiger partial charge on any atom is -0.497 e. The first kappa shape index (κ1) is 19.7. The average molecular weight is 400 g/mol. The molecule has 1 amide bonds. The number of hydrogen-bond donors (Lipinski definition) is 0. The van der Waals surface area contributed by atoms with Gasteiger partial charge < -0.3 is 14.4 Å². The highest BCUT2D eigenvalue weighted by Gasteiger charge is 2.19. The van der Waals surface area contributed by atoms with Crippen molar-refractivity contribution in [1.29, 1.82) is 0 Å². The molecule has 3 aromatic rings. The molecule has 1 aliphatic rings. The lowest BCUT2D eigenvalue weighted by atomic mass is 9.99. The number of aromatic nitrogens is 1. The van der Waals surface area contributed by atoms with E-state index in [1.807, 2.05) is 65.6 Å². The summed E-state index contributed by atoms with van der Waals surface area (Å²) >= 11 is 0. The monoisotopic (exact) mass is 400 g/mol. The molecule has 0 fully saturated rings. The van der Waals surface area contributed by atoms with Crippen LogP contribution >= 0.6 is 0 Å². The Hall–Kier alpha value is -3.60. The molecular formula is C25H24N2O3. The maximum atomic E-state index is 12.6. The molecule has 0 spiro atoms. The predicted molar refractivity (Wildman–Crippen MR) is 116 cm³/mol. The number of fused-ring (bicyclic) bond motifs is 1. The number of pyridine rings is 1. The molecule has 0 saturated heterocycles. The van der Waals surface area contributed by atoms with Crippen molar-refractivity contribution < 1.29 is 14.3 Å². The highest BCUT2D eigenvalue weighted by Crippen LogP contribution is 2.24. The van der Waals surface area contributed by atoms with Crippen molar-refractivity contribution in [2.45, 2.75) is 19.6 Å². The maximum absolute atomic E-state index is 12.6. The molecule has 152 valence electrons. The van der Waals surface area contributed by atoms with Crippen LogP contribution in [0.2, 0.25) is 0 Å². The Labute approximate surface area is 176 Å². The number of hydrogen-bond acceptors (Lipinski definition) is 4. The lowest BCUT2D eigenvalue weighted by Crippen LogP contribution is -2.34. The molecular weight excluding hydrogens is 376 g/mol. The van der Waals surface area contributed by atoms with Crippen LogP contribution in [0.25, 0.3) is 6.08 Å². The van der Waals surface area contributed by atoms with Gasteiger partial charge in [0.2, 0.25) is 5.91 Å². The molecule has 0 aliphatic carbocycles. The van der Waals surface area contributed by atoms with Crippen LogP contribution in [0.15, 0.2) is 72.9 Å². The maximum Gasteiger partial charge on any atom is 0.246 e. The molecule has 0 radical (unpaired) electrons.